The topological polar surface area (TPSA) is 77.9 Å². The Labute approximate surface area is 91.9 Å². The van der Waals surface area contributed by atoms with Crippen molar-refractivity contribution in [2.24, 2.45) is 5.11 Å². The number of carbonyl (C=O) groups excluding carboxylic acids is 1. The molecule has 0 unspecified atom stereocenters. The molecule has 16 heavy (non-hydrogen) atoms. The van der Waals surface area contributed by atoms with Crippen molar-refractivity contribution in [2.75, 3.05) is 13.1 Å². The Morgan fingerprint density at radius 2 is 2.38 bits per heavy atom. The van der Waals surface area contributed by atoms with Crippen LogP contribution in [0.15, 0.2) is 23.3 Å². The third kappa shape index (κ3) is 3.25. The zero-order chi connectivity index (χ0) is 12.0. The molecule has 0 aliphatic carbocycles. The van der Waals surface area contributed by atoms with Crippen molar-refractivity contribution in [3.8, 4) is 0 Å². The fraction of sp³-hybridized carbons (Fsp3) is 0.300. The van der Waals surface area contributed by atoms with Crippen LogP contribution in [-0.2, 0) is 0 Å². The van der Waals surface area contributed by atoms with Crippen LogP contribution in [0.2, 0.25) is 0 Å². The molecule has 0 heterocycles. The Balaban J connectivity index is 2.62. The van der Waals surface area contributed by atoms with Crippen molar-refractivity contribution in [1.82, 2.24) is 5.32 Å². The molecule has 0 bridgehead atoms. The van der Waals surface area contributed by atoms with Gasteiger partial charge < -0.3 is 5.32 Å². The molecule has 0 fully saturated rings. The summed E-state index contributed by atoms with van der Waals surface area (Å²) in [4.78, 5) is 14.0. The molecule has 1 rings (SSSR count). The van der Waals surface area contributed by atoms with Gasteiger partial charge in [0.1, 0.15) is 5.82 Å². The van der Waals surface area contributed by atoms with E-state index in [9.17, 15) is 9.18 Å². The van der Waals surface area contributed by atoms with Crippen LogP contribution in [0.5, 0.6) is 0 Å². The van der Waals surface area contributed by atoms with Crippen molar-refractivity contribution < 1.29 is 9.18 Å². The molecule has 1 aromatic carbocycles. The number of amides is 1. The monoisotopic (exact) mass is 222 g/mol. The Hall–Kier alpha value is -2.07. The first-order valence-corrected chi connectivity index (χ1v) is 4.70. The predicted octanol–water partition coefficient (Wildman–Crippen LogP) is 2.17. The maximum absolute atomic E-state index is 13.3. The van der Waals surface area contributed by atoms with Crippen LogP contribution >= 0.6 is 0 Å². The first kappa shape index (κ1) is 12.0. The van der Waals surface area contributed by atoms with E-state index in [0.717, 1.165) is 5.56 Å². The van der Waals surface area contributed by atoms with Crippen LogP contribution in [0.25, 0.3) is 10.4 Å². The fourth-order valence-electron chi connectivity index (χ4n) is 1.16. The van der Waals surface area contributed by atoms with Crippen LogP contribution in [0, 0.1) is 12.7 Å². The highest BCUT2D eigenvalue weighted by Gasteiger charge is 2.10. The van der Waals surface area contributed by atoms with Gasteiger partial charge in [0.15, 0.2) is 0 Å². The molecule has 1 amide bonds. The second-order valence-electron chi connectivity index (χ2n) is 3.19. The SMILES string of the molecule is Cc1ccc(C(=O)NCCN=[N+]=[N-])c(F)c1. The largest absolute Gasteiger partial charge is 0.352 e. The van der Waals surface area contributed by atoms with E-state index in [1.54, 1.807) is 13.0 Å². The van der Waals surface area contributed by atoms with Gasteiger partial charge in [-0.25, -0.2) is 4.39 Å². The van der Waals surface area contributed by atoms with Gasteiger partial charge in [0, 0.05) is 18.0 Å². The highest BCUT2D eigenvalue weighted by Crippen LogP contribution is 2.09. The highest BCUT2D eigenvalue weighted by molar-refractivity contribution is 5.94. The fourth-order valence-corrected chi connectivity index (χ4v) is 1.16. The van der Waals surface area contributed by atoms with Crippen molar-refractivity contribution in [3.63, 3.8) is 0 Å². The summed E-state index contributed by atoms with van der Waals surface area (Å²) >= 11 is 0. The first-order chi connectivity index (χ1) is 7.65. The van der Waals surface area contributed by atoms with Gasteiger partial charge >= 0.3 is 0 Å². The number of aryl methyl sites for hydroxylation is 1. The van der Waals surface area contributed by atoms with Crippen LogP contribution in [-0.4, -0.2) is 19.0 Å². The van der Waals surface area contributed by atoms with E-state index >= 15 is 0 Å². The lowest BCUT2D eigenvalue weighted by molar-refractivity contribution is 0.0951. The molecular formula is C10H11FN4O. The molecule has 0 saturated heterocycles. The van der Waals surface area contributed by atoms with Crippen molar-refractivity contribution >= 4 is 5.91 Å². The molecule has 5 nitrogen and oxygen atoms in total. The Kier molecular flexibility index (Phi) is 4.29. The number of benzene rings is 1. The lowest BCUT2D eigenvalue weighted by Gasteiger charge is -2.04. The quantitative estimate of drug-likeness (QED) is 0.360. The second-order valence-corrected chi connectivity index (χ2v) is 3.19. The zero-order valence-corrected chi connectivity index (χ0v) is 8.77. The Morgan fingerprint density at radius 3 is 3.00 bits per heavy atom. The lowest BCUT2D eigenvalue weighted by atomic mass is 10.1. The number of azide groups is 1. The third-order valence-corrected chi connectivity index (χ3v) is 1.93. The van der Waals surface area contributed by atoms with Gasteiger partial charge in [-0.3, -0.25) is 4.79 Å². The standard InChI is InChI=1S/C10H11FN4O/c1-7-2-3-8(9(11)6-7)10(16)13-4-5-14-15-12/h2-3,6H,4-5H2,1H3,(H,13,16). The second kappa shape index (κ2) is 5.72. The van der Waals surface area contributed by atoms with E-state index in [1.807, 2.05) is 0 Å². The predicted molar refractivity (Wildman–Crippen MR) is 57.5 cm³/mol. The van der Waals surface area contributed by atoms with Gasteiger partial charge in [0.05, 0.1) is 5.56 Å². The molecule has 0 radical (unpaired) electrons. The maximum atomic E-state index is 13.3. The Morgan fingerprint density at radius 1 is 1.62 bits per heavy atom. The molecule has 0 aliphatic heterocycles. The van der Waals surface area contributed by atoms with Gasteiger partial charge in [-0.05, 0) is 30.2 Å². The number of rotatable bonds is 4. The summed E-state index contributed by atoms with van der Waals surface area (Å²) in [6.07, 6.45) is 0. The molecular weight excluding hydrogens is 211 g/mol. The molecule has 0 spiro atoms. The van der Waals surface area contributed by atoms with Gasteiger partial charge in [0.2, 0.25) is 0 Å². The molecule has 6 heteroatoms. The molecule has 0 saturated carbocycles. The minimum absolute atomic E-state index is 0.00784. The molecule has 0 aromatic heterocycles. The normalized spacial score (nSPS) is 9.38. The molecule has 0 aliphatic rings. The summed E-state index contributed by atoms with van der Waals surface area (Å²) in [5, 5.41) is 5.70. The summed E-state index contributed by atoms with van der Waals surface area (Å²) in [5.41, 5.74) is 8.75. The Bertz CT molecular complexity index is 440. The summed E-state index contributed by atoms with van der Waals surface area (Å²) < 4.78 is 13.3. The third-order valence-electron chi connectivity index (χ3n) is 1.93. The van der Waals surface area contributed by atoms with Gasteiger partial charge in [-0.1, -0.05) is 11.2 Å². The molecule has 1 aromatic rings. The van der Waals surface area contributed by atoms with Gasteiger partial charge in [-0.2, -0.15) is 0 Å². The van der Waals surface area contributed by atoms with Crippen molar-refractivity contribution in [1.29, 1.82) is 0 Å². The zero-order valence-electron chi connectivity index (χ0n) is 8.77. The van der Waals surface area contributed by atoms with Gasteiger partial charge in [0.25, 0.3) is 5.91 Å². The minimum Gasteiger partial charge on any atom is -0.352 e. The molecule has 0 atom stereocenters. The van der Waals surface area contributed by atoms with E-state index in [-0.39, 0.29) is 18.7 Å². The van der Waals surface area contributed by atoms with Crippen LogP contribution in [0.3, 0.4) is 0 Å². The van der Waals surface area contributed by atoms with E-state index in [2.05, 4.69) is 15.3 Å². The number of nitrogens with one attached hydrogen (secondary N) is 1. The molecule has 1 N–H and O–H groups in total. The van der Waals surface area contributed by atoms with E-state index in [4.69, 9.17) is 5.53 Å². The maximum Gasteiger partial charge on any atom is 0.254 e. The summed E-state index contributed by atoms with van der Waals surface area (Å²) in [6, 6.07) is 4.38. The summed E-state index contributed by atoms with van der Waals surface area (Å²) in [7, 11) is 0. The van der Waals surface area contributed by atoms with Crippen LogP contribution in [0.4, 0.5) is 4.39 Å². The van der Waals surface area contributed by atoms with Crippen LogP contribution < -0.4 is 5.32 Å². The summed E-state index contributed by atoms with van der Waals surface area (Å²) in [6.45, 7) is 2.08. The van der Waals surface area contributed by atoms with Crippen molar-refractivity contribution in [2.45, 2.75) is 6.92 Å². The minimum atomic E-state index is -0.554. The van der Waals surface area contributed by atoms with Gasteiger partial charge in [-0.15, -0.1) is 0 Å². The average molecular weight is 222 g/mol. The smallest absolute Gasteiger partial charge is 0.254 e. The van der Waals surface area contributed by atoms with E-state index in [1.165, 1.54) is 12.1 Å². The van der Waals surface area contributed by atoms with Crippen LogP contribution in [0.1, 0.15) is 15.9 Å². The molecule has 84 valence electrons. The number of hydrogen-bond acceptors (Lipinski definition) is 2. The lowest BCUT2D eigenvalue weighted by Crippen LogP contribution is -2.26. The number of nitrogens with zero attached hydrogens (tertiary/aromatic N) is 3. The van der Waals surface area contributed by atoms with E-state index in [0.29, 0.717) is 0 Å². The highest BCUT2D eigenvalue weighted by atomic mass is 19.1. The van der Waals surface area contributed by atoms with E-state index < -0.39 is 11.7 Å². The van der Waals surface area contributed by atoms with Crippen molar-refractivity contribution in [3.05, 3.63) is 45.6 Å². The summed E-state index contributed by atoms with van der Waals surface area (Å²) in [5.74, 6) is -1.06. The first-order valence-electron chi connectivity index (χ1n) is 4.70. The number of hydrogen-bond donors (Lipinski definition) is 1. The number of halogens is 1. The average Bonchev–Trinajstić information content (AvgIpc) is 2.24. The number of carbonyl (C=O) groups is 1.